The number of imide groups is 1. The van der Waals surface area contributed by atoms with E-state index in [1.165, 1.54) is 12.1 Å². The molecule has 0 unspecified atom stereocenters. The van der Waals surface area contributed by atoms with Gasteiger partial charge in [-0.3, -0.25) is 29.4 Å². The van der Waals surface area contributed by atoms with E-state index in [4.69, 9.17) is 9.47 Å². The Bertz CT molecular complexity index is 1460. The van der Waals surface area contributed by atoms with Crippen LogP contribution in [0.3, 0.4) is 0 Å². The molecule has 0 aliphatic carbocycles. The molecular formula is C27H22IN3O7S. The van der Waals surface area contributed by atoms with Crippen LogP contribution in [0.5, 0.6) is 11.5 Å². The summed E-state index contributed by atoms with van der Waals surface area (Å²) in [5, 5.41) is 13.2. The molecule has 200 valence electrons. The monoisotopic (exact) mass is 659 g/mol. The number of nitrogens with one attached hydrogen (secondary N) is 1. The van der Waals surface area contributed by atoms with E-state index in [0.29, 0.717) is 34.9 Å². The second-order valence-corrected chi connectivity index (χ2v) is 10.4. The van der Waals surface area contributed by atoms with Crippen molar-refractivity contribution in [1.82, 2.24) is 4.90 Å². The lowest BCUT2D eigenvalue weighted by molar-refractivity contribution is -0.384. The van der Waals surface area contributed by atoms with Crippen molar-refractivity contribution in [1.29, 1.82) is 0 Å². The van der Waals surface area contributed by atoms with Gasteiger partial charge in [0.15, 0.2) is 11.5 Å². The topological polar surface area (TPSA) is 128 Å². The number of hydrogen-bond donors (Lipinski definition) is 1. The quantitative estimate of drug-likeness (QED) is 0.124. The smallest absolute Gasteiger partial charge is 0.294 e. The first-order valence-electron chi connectivity index (χ1n) is 11.7. The lowest BCUT2D eigenvalue weighted by Gasteiger charge is -2.13. The van der Waals surface area contributed by atoms with Gasteiger partial charge in [0.2, 0.25) is 5.91 Å². The molecule has 1 aliphatic rings. The van der Waals surface area contributed by atoms with Crippen LogP contribution in [0, 0.1) is 13.7 Å². The molecule has 1 aliphatic heterocycles. The normalized spacial score (nSPS) is 14.0. The van der Waals surface area contributed by atoms with Gasteiger partial charge < -0.3 is 14.8 Å². The highest BCUT2D eigenvalue weighted by molar-refractivity contribution is 14.1. The van der Waals surface area contributed by atoms with Crippen molar-refractivity contribution < 1.29 is 28.8 Å². The first-order valence-corrected chi connectivity index (χ1v) is 13.6. The Morgan fingerprint density at radius 2 is 1.85 bits per heavy atom. The van der Waals surface area contributed by atoms with Gasteiger partial charge in [-0.2, -0.15) is 0 Å². The molecule has 1 N–H and O–H groups in total. The molecule has 12 heteroatoms. The zero-order valence-corrected chi connectivity index (χ0v) is 23.6. The highest BCUT2D eigenvalue weighted by Crippen LogP contribution is 2.35. The SMILES string of the molecule is CCOc1cc(/C=C2\SC(=O)N(CC(=O)Nc3ccc(I)cc3)C2=O)ccc1OCc1cccc([N+](=O)[O-])c1. The summed E-state index contributed by atoms with van der Waals surface area (Å²) in [6.07, 6.45) is 1.55. The Balaban J connectivity index is 1.44. The molecule has 39 heavy (non-hydrogen) atoms. The van der Waals surface area contributed by atoms with Crippen molar-refractivity contribution in [2.45, 2.75) is 13.5 Å². The number of carbonyl (C=O) groups is 3. The van der Waals surface area contributed by atoms with Crippen molar-refractivity contribution in [3.8, 4) is 11.5 Å². The van der Waals surface area contributed by atoms with Gasteiger partial charge in [0.1, 0.15) is 13.2 Å². The standard InChI is InChI=1S/C27H22IN3O7S/c1-2-37-23-13-17(6-11-22(23)38-16-18-4-3-5-21(12-18)31(35)36)14-24-26(33)30(27(34)39-24)15-25(32)29-20-9-7-19(28)8-10-20/h3-14H,2,15-16H2,1H3,(H,29,32)/b24-14-. The number of ether oxygens (including phenoxy) is 2. The maximum absolute atomic E-state index is 12.9. The number of nitrogens with zero attached hydrogens (tertiary/aromatic N) is 2. The molecule has 1 fully saturated rings. The number of carbonyl (C=O) groups excluding carboxylic acids is 3. The highest BCUT2D eigenvalue weighted by Gasteiger charge is 2.36. The van der Waals surface area contributed by atoms with Gasteiger partial charge in [-0.05, 0) is 94.9 Å². The largest absolute Gasteiger partial charge is 0.490 e. The van der Waals surface area contributed by atoms with Crippen molar-refractivity contribution >= 4 is 68.9 Å². The number of anilines is 1. The summed E-state index contributed by atoms with van der Waals surface area (Å²) in [7, 11) is 0. The number of halogens is 1. The fraction of sp³-hybridized carbons (Fsp3) is 0.148. The number of nitro groups is 1. The van der Waals surface area contributed by atoms with Crippen LogP contribution in [0.25, 0.3) is 6.08 Å². The number of thioether (sulfide) groups is 1. The summed E-state index contributed by atoms with van der Waals surface area (Å²) >= 11 is 2.90. The lowest BCUT2D eigenvalue weighted by atomic mass is 10.1. The van der Waals surface area contributed by atoms with Gasteiger partial charge in [-0.1, -0.05) is 18.2 Å². The predicted octanol–water partition coefficient (Wildman–Crippen LogP) is 5.85. The van der Waals surface area contributed by atoms with E-state index in [1.54, 1.807) is 48.5 Å². The molecule has 0 spiro atoms. The van der Waals surface area contributed by atoms with Gasteiger partial charge in [-0.25, -0.2) is 0 Å². The van der Waals surface area contributed by atoms with Crippen LogP contribution in [-0.4, -0.2) is 40.0 Å². The van der Waals surface area contributed by atoms with Crippen LogP contribution in [-0.2, 0) is 16.2 Å². The zero-order valence-electron chi connectivity index (χ0n) is 20.6. The molecule has 3 aromatic carbocycles. The Morgan fingerprint density at radius 3 is 2.56 bits per heavy atom. The molecule has 1 saturated heterocycles. The van der Waals surface area contributed by atoms with E-state index in [1.807, 2.05) is 19.1 Å². The highest BCUT2D eigenvalue weighted by atomic mass is 127. The summed E-state index contributed by atoms with van der Waals surface area (Å²) in [6.45, 7) is 1.85. The second-order valence-electron chi connectivity index (χ2n) is 8.18. The van der Waals surface area contributed by atoms with E-state index in [2.05, 4.69) is 27.9 Å². The number of hydrogen-bond acceptors (Lipinski definition) is 8. The van der Waals surface area contributed by atoms with Crippen LogP contribution in [0.2, 0.25) is 0 Å². The average Bonchev–Trinajstić information content (AvgIpc) is 3.17. The summed E-state index contributed by atoms with van der Waals surface area (Å²) in [5.74, 6) is -0.218. The second kappa shape index (κ2) is 12.8. The van der Waals surface area contributed by atoms with Crippen LogP contribution in [0.1, 0.15) is 18.1 Å². The molecule has 3 aromatic rings. The molecule has 10 nitrogen and oxygen atoms in total. The Labute approximate surface area is 241 Å². The summed E-state index contributed by atoms with van der Waals surface area (Å²) in [5.41, 5.74) is 1.75. The van der Waals surface area contributed by atoms with Crippen molar-refractivity contribution in [2.24, 2.45) is 0 Å². The fourth-order valence-corrected chi connectivity index (χ4v) is 4.79. The molecule has 3 amide bonds. The van der Waals surface area contributed by atoms with Crippen molar-refractivity contribution in [3.05, 3.63) is 96.4 Å². The minimum absolute atomic E-state index is 0.0298. The number of non-ortho nitro benzene ring substituents is 1. The van der Waals surface area contributed by atoms with Crippen LogP contribution in [0.15, 0.2) is 71.6 Å². The fourth-order valence-electron chi connectivity index (χ4n) is 3.59. The van der Waals surface area contributed by atoms with Gasteiger partial charge in [0.25, 0.3) is 16.8 Å². The third-order valence-electron chi connectivity index (χ3n) is 5.38. The summed E-state index contributed by atoms with van der Waals surface area (Å²) < 4.78 is 12.5. The predicted molar refractivity (Wildman–Crippen MR) is 156 cm³/mol. The number of benzene rings is 3. The molecule has 0 radical (unpaired) electrons. The number of nitro benzene ring substituents is 1. The maximum atomic E-state index is 12.9. The number of amides is 3. The molecule has 0 atom stereocenters. The third kappa shape index (κ3) is 7.35. The Morgan fingerprint density at radius 1 is 1.08 bits per heavy atom. The van der Waals surface area contributed by atoms with Crippen LogP contribution < -0.4 is 14.8 Å². The molecule has 0 saturated carbocycles. The minimum atomic E-state index is -0.563. The average molecular weight is 659 g/mol. The minimum Gasteiger partial charge on any atom is -0.490 e. The van der Waals surface area contributed by atoms with Crippen LogP contribution >= 0.6 is 34.4 Å². The maximum Gasteiger partial charge on any atom is 0.294 e. The molecule has 0 aromatic heterocycles. The Kier molecular flexibility index (Phi) is 9.19. The van der Waals surface area contributed by atoms with E-state index in [0.717, 1.165) is 20.2 Å². The van der Waals surface area contributed by atoms with Gasteiger partial charge in [0, 0.05) is 21.4 Å². The summed E-state index contributed by atoms with van der Waals surface area (Å²) in [6, 6.07) is 18.3. The molecular weight excluding hydrogens is 637 g/mol. The molecule has 4 rings (SSSR count). The summed E-state index contributed by atoms with van der Waals surface area (Å²) in [4.78, 5) is 49.4. The third-order valence-corrected chi connectivity index (χ3v) is 7.01. The first-order chi connectivity index (χ1) is 18.7. The van der Waals surface area contributed by atoms with Gasteiger partial charge in [0.05, 0.1) is 16.4 Å². The van der Waals surface area contributed by atoms with Crippen molar-refractivity contribution in [3.63, 3.8) is 0 Å². The van der Waals surface area contributed by atoms with Crippen molar-refractivity contribution in [2.75, 3.05) is 18.5 Å². The molecule has 0 bridgehead atoms. The zero-order chi connectivity index (χ0) is 27.9. The van der Waals surface area contributed by atoms with Crippen LogP contribution in [0.4, 0.5) is 16.2 Å². The van der Waals surface area contributed by atoms with E-state index in [9.17, 15) is 24.5 Å². The molecule has 1 heterocycles. The van der Waals surface area contributed by atoms with Gasteiger partial charge >= 0.3 is 0 Å². The van der Waals surface area contributed by atoms with E-state index >= 15 is 0 Å². The first kappa shape index (κ1) is 28.1. The van der Waals surface area contributed by atoms with Gasteiger partial charge in [-0.15, -0.1) is 0 Å². The lowest BCUT2D eigenvalue weighted by Crippen LogP contribution is -2.36. The van der Waals surface area contributed by atoms with E-state index in [-0.39, 0.29) is 17.2 Å². The number of rotatable bonds is 10. The Hall–Kier alpha value is -3.91. The van der Waals surface area contributed by atoms with E-state index < -0.39 is 28.5 Å².